The Bertz CT molecular complexity index is 194. The molecule has 1 heterocycles. The van der Waals surface area contributed by atoms with E-state index >= 15 is 0 Å². The van der Waals surface area contributed by atoms with Crippen LogP contribution in [0, 0.1) is 0 Å². The van der Waals surface area contributed by atoms with E-state index in [0.717, 1.165) is 25.9 Å². The molecule has 3 N–H and O–H groups in total. The quantitative estimate of drug-likeness (QED) is 0.760. The Morgan fingerprint density at radius 2 is 2.27 bits per heavy atom. The van der Waals surface area contributed by atoms with Crippen LogP contribution in [-0.4, -0.2) is 30.7 Å². The van der Waals surface area contributed by atoms with E-state index < -0.39 is 6.04 Å². The van der Waals surface area contributed by atoms with Gasteiger partial charge in [-0.15, -0.1) is 12.4 Å². The van der Waals surface area contributed by atoms with E-state index in [1.165, 1.54) is 0 Å². The fraction of sp³-hybridized carbons (Fsp3) is 0.900. The van der Waals surface area contributed by atoms with Crippen molar-refractivity contribution in [2.75, 3.05) is 6.61 Å². The molecule has 0 aromatic heterocycles. The van der Waals surface area contributed by atoms with Gasteiger partial charge in [-0.2, -0.15) is 0 Å². The van der Waals surface area contributed by atoms with Gasteiger partial charge in [0.2, 0.25) is 5.91 Å². The van der Waals surface area contributed by atoms with Gasteiger partial charge in [0.25, 0.3) is 0 Å². The Labute approximate surface area is 97.3 Å². The zero-order valence-electron chi connectivity index (χ0n) is 9.36. The van der Waals surface area contributed by atoms with Gasteiger partial charge in [0, 0.05) is 12.6 Å². The van der Waals surface area contributed by atoms with E-state index in [4.69, 9.17) is 10.5 Å². The predicted molar refractivity (Wildman–Crippen MR) is 62.1 cm³/mol. The topological polar surface area (TPSA) is 64.3 Å². The van der Waals surface area contributed by atoms with Crippen molar-refractivity contribution in [2.45, 2.75) is 51.3 Å². The van der Waals surface area contributed by atoms with E-state index in [1.54, 1.807) is 6.92 Å². The number of ether oxygens (including phenoxy) is 1. The van der Waals surface area contributed by atoms with Crippen LogP contribution < -0.4 is 11.1 Å². The third-order valence-electron chi connectivity index (χ3n) is 2.44. The lowest BCUT2D eigenvalue weighted by molar-refractivity contribution is -0.122. The van der Waals surface area contributed by atoms with Crippen LogP contribution in [0.3, 0.4) is 0 Å². The van der Waals surface area contributed by atoms with Crippen LogP contribution in [0.5, 0.6) is 0 Å². The molecule has 90 valence electrons. The minimum Gasteiger partial charge on any atom is -0.378 e. The molecule has 1 fully saturated rings. The summed E-state index contributed by atoms with van der Waals surface area (Å²) in [7, 11) is 0. The van der Waals surface area contributed by atoms with Crippen molar-refractivity contribution in [3.05, 3.63) is 0 Å². The molecule has 0 aromatic carbocycles. The Morgan fingerprint density at radius 3 is 2.73 bits per heavy atom. The van der Waals surface area contributed by atoms with Gasteiger partial charge in [0.1, 0.15) is 0 Å². The Kier molecular flexibility index (Phi) is 6.89. The van der Waals surface area contributed by atoms with Crippen LogP contribution >= 0.6 is 12.4 Å². The van der Waals surface area contributed by atoms with Gasteiger partial charge in [-0.25, -0.2) is 0 Å². The van der Waals surface area contributed by atoms with E-state index in [-0.39, 0.29) is 24.4 Å². The minimum atomic E-state index is -0.429. The predicted octanol–water partition coefficient (Wildman–Crippen LogP) is 0.829. The third-order valence-corrected chi connectivity index (χ3v) is 2.44. The largest absolute Gasteiger partial charge is 0.378 e. The van der Waals surface area contributed by atoms with Crippen LogP contribution in [0.2, 0.25) is 0 Å². The van der Waals surface area contributed by atoms with Crippen molar-refractivity contribution in [3.63, 3.8) is 0 Å². The standard InChI is InChI=1S/C10H20N2O2.ClH/c1-7(12-10(13)8(2)11)6-9-4-3-5-14-9;/h7-9H,3-6,11H2,1-2H3,(H,12,13);1H/t7?,8-,9?;/m0./s1. The fourth-order valence-electron chi connectivity index (χ4n) is 1.66. The number of nitrogens with one attached hydrogen (secondary N) is 1. The first kappa shape index (κ1) is 14.7. The molecule has 1 aliphatic heterocycles. The summed E-state index contributed by atoms with van der Waals surface area (Å²) >= 11 is 0. The summed E-state index contributed by atoms with van der Waals surface area (Å²) in [5.74, 6) is -0.0875. The summed E-state index contributed by atoms with van der Waals surface area (Å²) in [6.45, 7) is 4.54. The zero-order chi connectivity index (χ0) is 10.6. The van der Waals surface area contributed by atoms with Gasteiger partial charge in [-0.05, 0) is 33.1 Å². The fourth-order valence-corrected chi connectivity index (χ4v) is 1.66. The van der Waals surface area contributed by atoms with Crippen LogP contribution in [0.25, 0.3) is 0 Å². The molecule has 1 saturated heterocycles. The molecule has 0 aliphatic carbocycles. The summed E-state index contributed by atoms with van der Waals surface area (Å²) in [5, 5.41) is 2.86. The molecule has 5 heteroatoms. The number of nitrogens with two attached hydrogens (primary N) is 1. The second-order valence-electron chi connectivity index (χ2n) is 4.07. The molecular weight excluding hydrogens is 216 g/mol. The molecule has 0 aromatic rings. The molecule has 1 aliphatic rings. The smallest absolute Gasteiger partial charge is 0.236 e. The molecular formula is C10H21ClN2O2. The van der Waals surface area contributed by atoms with Gasteiger partial charge in [0.15, 0.2) is 0 Å². The number of hydrogen-bond acceptors (Lipinski definition) is 3. The summed E-state index contributed by atoms with van der Waals surface area (Å²) in [6, 6.07) is -0.279. The first-order valence-corrected chi connectivity index (χ1v) is 5.27. The zero-order valence-corrected chi connectivity index (χ0v) is 10.2. The molecule has 1 rings (SSSR count). The van der Waals surface area contributed by atoms with Gasteiger partial charge in [-0.3, -0.25) is 4.79 Å². The highest BCUT2D eigenvalue weighted by atomic mass is 35.5. The monoisotopic (exact) mass is 236 g/mol. The highest BCUT2D eigenvalue weighted by Gasteiger charge is 2.19. The number of carbonyl (C=O) groups excluding carboxylic acids is 1. The molecule has 15 heavy (non-hydrogen) atoms. The van der Waals surface area contributed by atoms with E-state index in [9.17, 15) is 4.79 Å². The van der Waals surface area contributed by atoms with Crippen LogP contribution in [0.4, 0.5) is 0 Å². The lowest BCUT2D eigenvalue weighted by atomic mass is 10.1. The van der Waals surface area contributed by atoms with Crippen molar-refractivity contribution >= 4 is 18.3 Å². The molecule has 3 atom stereocenters. The van der Waals surface area contributed by atoms with Crippen LogP contribution in [-0.2, 0) is 9.53 Å². The van der Waals surface area contributed by atoms with Crippen molar-refractivity contribution in [1.82, 2.24) is 5.32 Å². The molecule has 0 bridgehead atoms. The molecule has 0 radical (unpaired) electrons. The molecule has 0 saturated carbocycles. The van der Waals surface area contributed by atoms with E-state index in [0.29, 0.717) is 6.10 Å². The Balaban J connectivity index is 0.00000196. The van der Waals surface area contributed by atoms with E-state index in [1.807, 2.05) is 6.92 Å². The lowest BCUT2D eigenvalue weighted by Gasteiger charge is -2.18. The Hall–Kier alpha value is -0.320. The Morgan fingerprint density at radius 1 is 1.60 bits per heavy atom. The maximum absolute atomic E-state index is 11.3. The molecule has 2 unspecified atom stereocenters. The molecule has 0 spiro atoms. The number of amides is 1. The average Bonchev–Trinajstić information content (AvgIpc) is 2.56. The highest BCUT2D eigenvalue weighted by molar-refractivity contribution is 5.85. The maximum atomic E-state index is 11.3. The average molecular weight is 237 g/mol. The number of rotatable bonds is 4. The van der Waals surface area contributed by atoms with Gasteiger partial charge in [-0.1, -0.05) is 0 Å². The van der Waals surface area contributed by atoms with Crippen molar-refractivity contribution in [2.24, 2.45) is 5.73 Å². The van der Waals surface area contributed by atoms with Gasteiger partial charge < -0.3 is 15.8 Å². The maximum Gasteiger partial charge on any atom is 0.236 e. The van der Waals surface area contributed by atoms with E-state index in [2.05, 4.69) is 5.32 Å². The summed E-state index contributed by atoms with van der Waals surface area (Å²) in [4.78, 5) is 11.3. The van der Waals surface area contributed by atoms with Crippen molar-refractivity contribution in [3.8, 4) is 0 Å². The molecule has 1 amide bonds. The van der Waals surface area contributed by atoms with Gasteiger partial charge in [0.05, 0.1) is 12.1 Å². The first-order valence-electron chi connectivity index (χ1n) is 5.27. The second kappa shape index (κ2) is 7.04. The summed E-state index contributed by atoms with van der Waals surface area (Å²) < 4.78 is 5.48. The number of halogens is 1. The van der Waals surface area contributed by atoms with Crippen LogP contribution in [0.1, 0.15) is 33.1 Å². The summed E-state index contributed by atoms with van der Waals surface area (Å²) in [6.07, 6.45) is 3.45. The minimum absolute atomic E-state index is 0. The highest BCUT2D eigenvalue weighted by Crippen LogP contribution is 2.16. The van der Waals surface area contributed by atoms with Gasteiger partial charge >= 0.3 is 0 Å². The molecule has 4 nitrogen and oxygen atoms in total. The van der Waals surface area contributed by atoms with Crippen molar-refractivity contribution < 1.29 is 9.53 Å². The van der Waals surface area contributed by atoms with Crippen molar-refractivity contribution in [1.29, 1.82) is 0 Å². The SMILES string of the molecule is CC(CC1CCCO1)NC(=O)[C@H](C)N.Cl. The normalized spacial score (nSPS) is 24.1. The van der Waals surface area contributed by atoms with Crippen LogP contribution in [0.15, 0.2) is 0 Å². The number of hydrogen-bond donors (Lipinski definition) is 2. The third kappa shape index (κ3) is 5.35. The lowest BCUT2D eigenvalue weighted by Crippen LogP contribution is -2.43. The second-order valence-corrected chi connectivity index (χ2v) is 4.07. The summed E-state index contributed by atoms with van der Waals surface area (Å²) in [5.41, 5.74) is 5.45. The number of carbonyl (C=O) groups is 1. The first-order chi connectivity index (χ1) is 6.59.